The van der Waals surface area contributed by atoms with E-state index in [-0.39, 0.29) is 0 Å². The molecule has 24 heavy (non-hydrogen) atoms. The Labute approximate surface area is 144 Å². The van der Waals surface area contributed by atoms with Gasteiger partial charge >= 0.3 is 0 Å². The van der Waals surface area contributed by atoms with Gasteiger partial charge in [-0.25, -0.2) is 4.98 Å². The number of aromatic nitrogens is 2. The van der Waals surface area contributed by atoms with Gasteiger partial charge in [0.15, 0.2) is 0 Å². The van der Waals surface area contributed by atoms with Crippen LogP contribution in [0.4, 0.5) is 0 Å². The minimum Gasteiger partial charge on any atom is -0.496 e. The Morgan fingerprint density at radius 1 is 1.29 bits per heavy atom. The van der Waals surface area contributed by atoms with Crippen LogP contribution < -0.4 is 14.8 Å². The number of ether oxygens (including phenoxy) is 2. The Kier molecular flexibility index (Phi) is 5.09. The monoisotopic (exact) mass is 329 g/mol. The predicted octanol–water partition coefficient (Wildman–Crippen LogP) is 3.58. The standard InChI is InChI=1S/C19H27N3O2/c1-5-14-12-15(8-9-20-14)22-11-10-21-19(22)16-6-7-17(23-3)13(2)18(16)24-4/h6-7,10-11,14-15,20H,5,8-9,12H2,1-4H3/t14-,15-/m1/s1. The SMILES string of the molecule is CC[C@@H]1C[C@H](n2ccnc2-c2ccc(OC)c(C)c2OC)CCN1. The van der Waals surface area contributed by atoms with Crippen molar-refractivity contribution in [1.29, 1.82) is 0 Å². The highest BCUT2D eigenvalue weighted by atomic mass is 16.5. The Balaban J connectivity index is 2.00. The van der Waals surface area contributed by atoms with E-state index in [2.05, 4.69) is 28.0 Å². The molecule has 0 aliphatic carbocycles. The van der Waals surface area contributed by atoms with Gasteiger partial charge in [-0.15, -0.1) is 0 Å². The first-order chi connectivity index (χ1) is 11.7. The minimum atomic E-state index is 0.473. The smallest absolute Gasteiger partial charge is 0.143 e. The third kappa shape index (κ3) is 3.00. The fourth-order valence-electron chi connectivity index (χ4n) is 3.70. The van der Waals surface area contributed by atoms with Gasteiger partial charge in [0.05, 0.1) is 19.8 Å². The first-order valence-electron chi connectivity index (χ1n) is 8.67. The van der Waals surface area contributed by atoms with Crippen molar-refractivity contribution < 1.29 is 9.47 Å². The minimum absolute atomic E-state index is 0.473. The summed E-state index contributed by atoms with van der Waals surface area (Å²) >= 11 is 0. The number of rotatable bonds is 5. The molecule has 0 radical (unpaired) electrons. The van der Waals surface area contributed by atoms with Crippen molar-refractivity contribution in [3.05, 3.63) is 30.1 Å². The summed E-state index contributed by atoms with van der Waals surface area (Å²) in [5, 5.41) is 3.59. The summed E-state index contributed by atoms with van der Waals surface area (Å²) in [4.78, 5) is 4.64. The lowest BCUT2D eigenvalue weighted by Crippen LogP contribution is -2.38. The van der Waals surface area contributed by atoms with Crippen molar-refractivity contribution in [3.63, 3.8) is 0 Å². The first kappa shape index (κ1) is 16.8. The number of methoxy groups -OCH3 is 2. The molecule has 1 saturated heterocycles. The summed E-state index contributed by atoms with van der Waals surface area (Å²) in [6.45, 7) is 5.32. The number of benzene rings is 1. The van der Waals surface area contributed by atoms with Gasteiger partial charge in [0.25, 0.3) is 0 Å². The molecule has 1 aromatic carbocycles. The van der Waals surface area contributed by atoms with E-state index in [4.69, 9.17) is 9.47 Å². The van der Waals surface area contributed by atoms with Crippen LogP contribution in [0.15, 0.2) is 24.5 Å². The zero-order chi connectivity index (χ0) is 17.1. The summed E-state index contributed by atoms with van der Waals surface area (Å²) in [5.74, 6) is 2.64. The molecule has 1 fully saturated rings. The van der Waals surface area contributed by atoms with Gasteiger partial charge in [-0.05, 0) is 44.9 Å². The van der Waals surface area contributed by atoms with Crippen molar-refractivity contribution in [2.45, 2.75) is 45.2 Å². The van der Waals surface area contributed by atoms with E-state index in [1.165, 1.54) is 0 Å². The summed E-state index contributed by atoms with van der Waals surface area (Å²) < 4.78 is 13.4. The van der Waals surface area contributed by atoms with Gasteiger partial charge < -0.3 is 19.4 Å². The van der Waals surface area contributed by atoms with E-state index < -0.39 is 0 Å². The molecule has 1 aromatic heterocycles. The highest BCUT2D eigenvalue weighted by Gasteiger charge is 2.25. The van der Waals surface area contributed by atoms with E-state index in [1.54, 1.807) is 14.2 Å². The lowest BCUT2D eigenvalue weighted by atomic mass is 9.97. The average molecular weight is 329 g/mol. The second-order valence-electron chi connectivity index (χ2n) is 6.37. The number of imidazole rings is 1. The van der Waals surface area contributed by atoms with Gasteiger partial charge in [-0.1, -0.05) is 6.92 Å². The van der Waals surface area contributed by atoms with Crippen molar-refractivity contribution in [1.82, 2.24) is 14.9 Å². The van der Waals surface area contributed by atoms with Crippen molar-refractivity contribution in [3.8, 4) is 22.9 Å². The molecule has 2 atom stereocenters. The van der Waals surface area contributed by atoms with Crippen LogP contribution in [0.2, 0.25) is 0 Å². The Morgan fingerprint density at radius 3 is 2.83 bits per heavy atom. The number of nitrogens with zero attached hydrogens (tertiary/aromatic N) is 2. The molecule has 0 saturated carbocycles. The maximum Gasteiger partial charge on any atom is 0.143 e. The highest BCUT2D eigenvalue weighted by Crippen LogP contribution is 2.38. The van der Waals surface area contributed by atoms with Gasteiger partial charge in [0.2, 0.25) is 0 Å². The lowest BCUT2D eigenvalue weighted by molar-refractivity contribution is 0.297. The Morgan fingerprint density at radius 2 is 2.12 bits per heavy atom. The average Bonchev–Trinajstić information content (AvgIpc) is 3.11. The number of piperidine rings is 1. The van der Waals surface area contributed by atoms with E-state index in [9.17, 15) is 0 Å². The molecule has 5 nitrogen and oxygen atoms in total. The van der Waals surface area contributed by atoms with E-state index in [1.807, 2.05) is 25.3 Å². The summed E-state index contributed by atoms with van der Waals surface area (Å²) in [5.41, 5.74) is 2.02. The third-order valence-corrected chi connectivity index (χ3v) is 5.04. The van der Waals surface area contributed by atoms with Crippen LogP contribution in [0, 0.1) is 6.92 Å². The molecular formula is C19H27N3O2. The summed E-state index contributed by atoms with van der Waals surface area (Å²) in [6, 6.07) is 5.09. The molecule has 3 rings (SSSR count). The van der Waals surface area contributed by atoms with Crippen LogP contribution in [0.1, 0.15) is 37.8 Å². The molecule has 130 valence electrons. The first-order valence-corrected chi connectivity index (χ1v) is 8.67. The lowest BCUT2D eigenvalue weighted by Gasteiger charge is -2.31. The second kappa shape index (κ2) is 7.26. The zero-order valence-corrected chi connectivity index (χ0v) is 15.0. The topological polar surface area (TPSA) is 48.3 Å². The predicted molar refractivity (Wildman–Crippen MR) is 95.9 cm³/mol. The highest BCUT2D eigenvalue weighted by molar-refractivity contribution is 5.69. The zero-order valence-electron chi connectivity index (χ0n) is 15.0. The molecular weight excluding hydrogens is 302 g/mol. The fourth-order valence-corrected chi connectivity index (χ4v) is 3.70. The molecule has 1 N–H and O–H groups in total. The maximum atomic E-state index is 5.68. The molecule has 2 aromatic rings. The molecule has 2 heterocycles. The summed E-state index contributed by atoms with van der Waals surface area (Å²) in [7, 11) is 3.39. The van der Waals surface area contributed by atoms with Gasteiger partial charge in [-0.2, -0.15) is 0 Å². The normalized spacial score (nSPS) is 20.8. The van der Waals surface area contributed by atoms with Crippen LogP contribution in [-0.4, -0.2) is 36.4 Å². The van der Waals surface area contributed by atoms with Crippen molar-refractivity contribution >= 4 is 0 Å². The Bertz CT molecular complexity index is 696. The van der Waals surface area contributed by atoms with Crippen molar-refractivity contribution in [2.75, 3.05) is 20.8 Å². The number of nitrogens with one attached hydrogen (secondary N) is 1. The van der Waals surface area contributed by atoms with E-state index in [0.717, 1.165) is 54.3 Å². The molecule has 5 heteroatoms. The second-order valence-corrected chi connectivity index (χ2v) is 6.37. The van der Waals surface area contributed by atoms with Crippen LogP contribution in [0.3, 0.4) is 0 Å². The molecule has 1 aliphatic heterocycles. The van der Waals surface area contributed by atoms with Gasteiger partial charge in [0, 0.05) is 30.0 Å². The fraction of sp³-hybridized carbons (Fsp3) is 0.526. The van der Waals surface area contributed by atoms with Crippen LogP contribution >= 0.6 is 0 Å². The van der Waals surface area contributed by atoms with Crippen LogP contribution in [-0.2, 0) is 0 Å². The molecule has 0 spiro atoms. The van der Waals surface area contributed by atoms with Gasteiger partial charge in [-0.3, -0.25) is 0 Å². The molecule has 0 unspecified atom stereocenters. The quantitative estimate of drug-likeness (QED) is 0.911. The number of hydrogen-bond donors (Lipinski definition) is 1. The van der Waals surface area contributed by atoms with Gasteiger partial charge in [0.1, 0.15) is 17.3 Å². The maximum absolute atomic E-state index is 5.68. The summed E-state index contributed by atoms with van der Waals surface area (Å²) in [6.07, 6.45) is 7.40. The molecule has 0 bridgehead atoms. The van der Waals surface area contributed by atoms with E-state index >= 15 is 0 Å². The van der Waals surface area contributed by atoms with Crippen molar-refractivity contribution in [2.24, 2.45) is 0 Å². The largest absolute Gasteiger partial charge is 0.496 e. The molecule has 1 aliphatic rings. The molecule has 0 amide bonds. The van der Waals surface area contributed by atoms with E-state index in [0.29, 0.717) is 12.1 Å². The Hall–Kier alpha value is -2.01. The van der Waals surface area contributed by atoms with Crippen LogP contribution in [0.5, 0.6) is 11.5 Å². The van der Waals surface area contributed by atoms with Crippen LogP contribution in [0.25, 0.3) is 11.4 Å². The number of hydrogen-bond acceptors (Lipinski definition) is 4. The third-order valence-electron chi connectivity index (χ3n) is 5.04.